The molecule has 0 fully saturated rings. The lowest BCUT2D eigenvalue weighted by atomic mass is 10.2. The molecule has 0 bridgehead atoms. The molecule has 2 aromatic carbocycles. The molecule has 0 saturated heterocycles. The van der Waals surface area contributed by atoms with Crippen LogP contribution in [0, 0.1) is 0 Å². The van der Waals surface area contributed by atoms with Crippen molar-refractivity contribution in [1.29, 1.82) is 0 Å². The number of benzene rings is 2. The van der Waals surface area contributed by atoms with Gasteiger partial charge in [0.1, 0.15) is 18.9 Å². The minimum atomic E-state index is -0.980. The van der Waals surface area contributed by atoms with Gasteiger partial charge in [0.05, 0.1) is 18.9 Å². The molecular formula is C23H25N3O5. The molecule has 162 valence electrons. The van der Waals surface area contributed by atoms with E-state index in [1.54, 1.807) is 0 Å². The zero-order valence-corrected chi connectivity index (χ0v) is 16.9. The van der Waals surface area contributed by atoms with E-state index in [1.807, 2.05) is 60.7 Å². The Morgan fingerprint density at radius 1 is 0.935 bits per heavy atom. The molecule has 0 saturated carbocycles. The number of aromatic nitrogens is 1. The van der Waals surface area contributed by atoms with Gasteiger partial charge < -0.3 is 19.7 Å². The van der Waals surface area contributed by atoms with Gasteiger partial charge in [-0.2, -0.15) is 0 Å². The van der Waals surface area contributed by atoms with Crippen molar-refractivity contribution in [3.05, 3.63) is 89.7 Å². The largest absolute Gasteiger partial charge is 0.485 e. The fourth-order valence-electron chi connectivity index (χ4n) is 2.62. The molecule has 31 heavy (non-hydrogen) atoms. The van der Waals surface area contributed by atoms with Gasteiger partial charge in [0.15, 0.2) is 11.5 Å². The van der Waals surface area contributed by atoms with Crippen LogP contribution in [-0.4, -0.2) is 40.4 Å². The first kappa shape index (κ1) is 22.2. The second-order valence-corrected chi connectivity index (χ2v) is 6.74. The van der Waals surface area contributed by atoms with Crippen LogP contribution >= 0.6 is 0 Å². The van der Waals surface area contributed by atoms with Crippen LogP contribution in [0.4, 0.5) is 0 Å². The summed E-state index contributed by atoms with van der Waals surface area (Å²) < 4.78 is 11.8. The van der Waals surface area contributed by atoms with E-state index in [4.69, 9.17) is 14.6 Å². The van der Waals surface area contributed by atoms with Crippen LogP contribution in [-0.2, 0) is 13.2 Å². The van der Waals surface area contributed by atoms with Crippen LogP contribution in [0.5, 0.6) is 11.5 Å². The van der Waals surface area contributed by atoms with Crippen LogP contribution in [0.25, 0.3) is 0 Å². The molecule has 0 radical (unpaired) electrons. The van der Waals surface area contributed by atoms with E-state index in [-0.39, 0.29) is 12.2 Å². The average Bonchev–Trinajstić information content (AvgIpc) is 2.82. The van der Waals surface area contributed by atoms with Crippen molar-refractivity contribution in [1.82, 2.24) is 15.8 Å². The summed E-state index contributed by atoms with van der Waals surface area (Å²) >= 11 is 0. The molecule has 1 atom stereocenters. The van der Waals surface area contributed by atoms with E-state index in [0.717, 1.165) is 11.1 Å². The minimum absolute atomic E-state index is 0.00211. The molecule has 0 spiro atoms. The Bertz CT molecular complexity index is 954. The van der Waals surface area contributed by atoms with Gasteiger partial charge in [0, 0.05) is 12.6 Å². The number of carbonyl (C=O) groups is 1. The third-order valence-electron chi connectivity index (χ3n) is 4.29. The molecule has 3 rings (SSSR count). The zero-order chi connectivity index (χ0) is 21.9. The number of ether oxygens (including phenoxy) is 2. The summed E-state index contributed by atoms with van der Waals surface area (Å²) in [5.74, 6) is 0.291. The molecule has 4 N–H and O–H groups in total. The average molecular weight is 423 g/mol. The van der Waals surface area contributed by atoms with Crippen molar-refractivity contribution in [3.8, 4) is 11.5 Å². The van der Waals surface area contributed by atoms with Crippen LogP contribution in [0.2, 0.25) is 0 Å². The first-order valence-electron chi connectivity index (χ1n) is 9.81. The van der Waals surface area contributed by atoms with E-state index in [0.29, 0.717) is 24.7 Å². The van der Waals surface area contributed by atoms with Gasteiger partial charge >= 0.3 is 0 Å². The maximum atomic E-state index is 12.4. The fourth-order valence-corrected chi connectivity index (χ4v) is 2.62. The number of aliphatic hydroxyl groups is 2. The molecule has 0 aliphatic rings. The Hall–Kier alpha value is -3.46. The lowest BCUT2D eigenvalue weighted by Gasteiger charge is -2.14. The molecule has 1 aromatic heterocycles. The van der Waals surface area contributed by atoms with Crippen LogP contribution in [0.1, 0.15) is 21.6 Å². The number of nitrogens with one attached hydrogen (secondary N) is 2. The summed E-state index contributed by atoms with van der Waals surface area (Å²) in [6.45, 7) is 0.217. The monoisotopic (exact) mass is 423 g/mol. The van der Waals surface area contributed by atoms with E-state index in [1.165, 1.54) is 12.3 Å². The Balaban J connectivity index is 1.71. The highest BCUT2D eigenvalue weighted by molar-refractivity contribution is 5.92. The first-order valence-corrected chi connectivity index (χ1v) is 9.81. The summed E-state index contributed by atoms with van der Waals surface area (Å²) in [6, 6.07) is 20.8. The smallest absolute Gasteiger partial charge is 0.284 e. The zero-order valence-electron chi connectivity index (χ0n) is 16.9. The Morgan fingerprint density at radius 2 is 1.52 bits per heavy atom. The molecular weight excluding hydrogens is 398 g/mol. The van der Waals surface area contributed by atoms with Gasteiger partial charge in [0.2, 0.25) is 0 Å². The van der Waals surface area contributed by atoms with E-state index >= 15 is 0 Å². The number of amides is 1. The quantitative estimate of drug-likeness (QED) is 0.348. The second-order valence-electron chi connectivity index (χ2n) is 6.74. The molecule has 1 heterocycles. The van der Waals surface area contributed by atoms with E-state index < -0.39 is 18.6 Å². The highest BCUT2D eigenvalue weighted by Gasteiger charge is 2.14. The van der Waals surface area contributed by atoms with Gasteiger partial charge in [-0.15, -0.1) is 0 Å². The number of hydrogen-bond acceptors (Lipinski definition) is 7. The summed E-state index contributed by atoms with van der Waals surface area (Å²) in [5, 5.41) is 18.2. The van der Waals surface area contributed by atoms with Crippen molar-refractivity contribution in [3.63, 3.8) is 0 Å². The van der Waals surface area contributed by atoms with Gasteiger partial charge in [-0.1, -0.05) is 60.7 Å². The Labute approximate surface area is 180 Å². The molecule has 8 heteroatoms. The van der Waals surface area contributed by atoms with Gasteiger partial charge in [-0.3, -0.25) is 10.2 Å². The number of carbonyl (C=O) groups excluding carboxylic acids is 1. The van der Waals surface area contributed by atoms with Crippen molar-refractivity contribution >= 4 is 5.91 Å². The normalized spacial score (nSPS) is 11.5. The highest BCUT2D eigenvalue weighted by Crippen LogP contribution is 2.28. The molecule has 0 aliphatic carbocycles. The number of rotatable bonds is 11. The van der Waals surface area contributed by atoms with Gasteiger partial charge in [0.25, 0.3) is 5.91 Å². The first-order chi connectivity index (χ1) is 15.2. The van der Waals surface area contributed by atoms with E-state index in [2.05, 4.69) is 15.8 Å². The van der Waals surface area contributed by atoms with Crippen LogP contribution in [0.15, 0.2) is 72.9 Å². The number of nitrogens with zero attached hydrogens (tertiary/aromatic N) is 1. The topological polar surface area (TPSA) is 113 Å². The highest BCUT2D eigenvalue weighted by atomic mass is 16.5. The Morgan fingerprint density at radius 3 is 2.10 bits per heavy atom. The Kier molecular flexibility index (Phi) is 8.36. The van der Waals surface area contributed by atoms with Gasteiger partial charge in [-0.25, -0.2) is 10.4 Å². The number of hydrazine groups is 1. The van der Waals surface area contributed by atoms with Gasteiger partial charge in [-0.05, 0) is 11.1 Å². The van der Waals surface area contributed by atoms with Crippen molar-refractivity contribution in [2.75, 3.05) is 13.2 Å². The van der Waals surface area contributed by atoms with E-state index in [9.17, 15) is 9.90 Å². The molecule has 3 aromatic rings. The summed E-state index contributed by atoms with van der Waals surface area (Å²) in [7, 11) is 0. The predicted molar refractivity (Wildman–Crippen MR) is 114 cm³/mol. The standard InChI is InChI=1S/C23H25N3O5/c27-14-19(28)12-25-26-23(29)20-11-21(30-15-17-7-3-1-4-8-17)22(13-24-20)31-16-18-9-5-2-6-10-18/h1-11,13,19,25,27-28H,12,14-16H2,(H,26,29)/t19-/m0/s1. The van der Waals surface area contributed by atoms with Crippen LogP contribution in [0.3, 0.4) is 0 Å². The van der Waals surface area contributed by atoms with Crippen molar-refractivity contribution < 1.29 is 24.5 Å². The van der Waals surface area contributed by atoms with Crippen LogP contribution < -0.4 is 20.3 Å². The lowest BCUT2D eigenvalue weighted by molar-refractivity contribution is 0.0819. The second kappa shape index (κ2) is 11.7. The summed E-state index contributed by atoms with van der Waals surface area (Å²) in [6.07, 6.45) is 0.465. The lowest BCUT2D eigenvalue weighted by Crippen LogP contribution is -2.42. The minimum Gasteiger partial charge on any atom is -0.485 e. The summed E-state index contributed by atoms with van der Waals surface area (Å²) in [5.41, 5.74) is 7.05. The fraction of sp³-hybridized carbons (Fsp3) is 0.217. The molecule has 0 aliphatic heterocycles. The molecule has 8 nitrogen and oxygen atoms in total. The summed E-state index contributed by atoms with van der Waals surface area (Å²) in [4.78, 5) is 16.5. The number of pyridine rings is 1. The molecule has 1 amide bonds. The third-order valence-corrected chi connectivity index (χ3v) is 4.29. The van der Waals surface area contributed by atoms with Crippen molar-refractivity contribution in [2.24, 2.45) is 0 Å². The number of hydrogen-bond donors (Lipinski definition) is 4. The SMILES string of the molecule is O=C(NNC[C@H](O)CO)c1cc(OCc2ccccc2)c(OCc2ccccc2)cn1. The maximum Gasteiger partial charge on any atom is 0.284 e. The maximum absolute atomic E-state index is 12.4. The number of aliphatic hydroxyl groups excluding tert-OH is 2. The van der Waals surface area contributed by atoms with Crippen molar-refractivity contribution in [2.45, 2.75) is 19.3 Å². The third kappa shape index (κ3) is 7.07. The molecule has 0 unspecified atom stereocenters. The predicted octanol–water partition coefficient (Wildman–Crippen LogP) is 1.83.